The van der Waals surface area contributed by atoms with E-state index in [9.17, 15) is 0 Å². The molecule has 0 bridgehead atoms. The summed E-state index contributed by atoms with van der Waals surface area (Å²) < 4.78 is 0. The van der Waals surface area contributed by atoms with Gasteiger partial charge in [-0.25, -0.2) is 0 Å². The Hall–Kier alpha value is 0.217. The van der Waals surface area contributed by atoms with Crippen LogP contribution in [0.4, 0.5) is 0 Å². The maximum Gasteiger partial charge on any atom is 0.0638 e. The van der Waals surface area contributed by atoms with Crippen LogP contribution < -0.4 is 0 Å². The Kier molecular flexibility index (Phi) is 36.7. The van der Waals surface area contributed by atoms with Crippen molar-refractivity contribution in [2.45, 2.75) is 188 Å². The first-order valence-corrected chi connectivity index (χ1v) is 17.9. The molecule has 0 fully saturated rings. The molecule has 0 atom stereocenters. The molecule has 0 aliphatic heterocycles. The molecule has 0 heterocycles. The van der Waals surface area contributed by atoms with Crippen molar-refractivity contribution in [3.63, 3.8) is 0 Å². The lowest BCUT2D eigenvalue weighted by atomic mass is 9.56. The minimum absolute atomic E-state index is 0.500. The molecular formula is C33H80Si. The third-order valence-corrected chi connectivity index (χ3v) is 16.0. The van der Waals surface area contributed by atoms with Gasteiger partial charge in [0.25, 0.3) is 0 Å². The lowest BCUT2D eigenvalue weighted by Crippen LogP contribution is -2.47. The van der Waals surface area contributed by atoms with E-state index in [4.69, 9.17) is 0 Å². The van der Waals surface area contributed by atoms with Crippen molar-refractivity contribution in [1.29, 1.82) is 0 Å². The molecule has 0 aromatic rings. The van der Waals surface area contributed by atoms with E-state index in [2.05, 4.69) is 111 Å². The monoisotopic (exact) mass is 505 g/mol. The van der Waals surface area contributed by atoms with Gasteiger partial charge in [0.1, 0.15) is 0 Å². The molecule has 0 amide bonds. The van der Waals surface area contributed by atoms with Crippen molar-refractivity contribution >= 4 is 8.07 Å². The van der Waals surface area contributed by atoms with Crippen molar-refractivity contribution < 1.29 is 0 Å². The van der Waals surface area contributed by atoms with Gasteiger partial charge < -0.3 is 0 Å². The smallest absolute Gasteiger partial charge is 0.0638 e. The molecule has 0 aromatic carbocycles. The van der Waals surface area contributed by atoms with E-state index in [1.807, 2.05) is 55.4 Å². The second kappa shape index (κ2) is 26.3. The molecular weight excluding hydrogens is 424 g/mol. The van der Waals surface area contributed by atoms with Crippen LogP contribution in [0.2, 0.25) is 22.2 Å². The van der Waals surface area contributed by atoms with Crippen LogP contribution in [-0.2, 0) is 0 Å². The van der Waals surface area contributed by atoms with Gasteiger partial charge in [0.2, 0.25) is 0 Å². The van der Waals surface area contributed by atoms with Crippen LogP contribution in [-0.4, -0.2) is 8.07 Å². The normalized spacial score (nSPS) is 11.3. The number of hydrogen-bond acceptors (Lipinski definition) is 0. The van der Waals surface area contributed by atoms with Crippen LogP contribution in [0.15, 0.2) is 0 Å². The van der Waals surface area contributed by atoms with Crippen molar-refractivity contribution in [3.05, 3.63) is 0 Å². The van der Waals surface area contributed by atoms with Crippen LogP contribution in [0.1, 0.15) is 166 Å². The molecule has 0 rings (SSSR count). The standard InChI is InChI=1S/C13H28.C12H28Si.4C2H6/c2*1-9(2)13(10(3)4,11(5)6)12(7)8;4*1-2/h2*9-12H,1-8H3;4*1-2H3. The number of hydrogen-bond donors (Lipinski definition) is 0. The molecule has 216 valence electrons. The Morgan fingerprint density at radius 2 is 0.412 bits per heavy atom. The predicted molar refractivity (Wildman–Crippen MR) is 173 cm³/mol. The van der Waals surface area contributed by atoms with Crippen LogP contribution in [0.3, 0.4) is 0 Å². The van der Waals surface area contributed by atoms with E-state index >= 15 is 0 Å². The zero-order valence-corrected chi connectivity index (χ0v) is 30.6. The van der Waals surface area contributed by atoms with Crippen molar-refractivity contribution in [3.8, 4) is 0 Å². The first kappa shape index (κ1) is 47.4. The molecule has 0 unspecified atom stereocenters. The largest absolute Gasteiger partial charge is 0.0683 e. The predicted octanol–water partition coefficient (Wildman–Crippen LogP) is 13.8. The van der Waals surface area contributed by atoms with Crippen LogP contribution in [0.5, 0.6) is 0 Å². The summed E-state index contributed by atoms with van der Waals surface area (Å²) in [6, 6.07) is 0. The first-order valence-electron chi connectivity index (χ1n) is 15.5. The van der Waals surface area contributed by atoms with Gasteiger partial charge >= 0.3 is 0 Å². The van der Waals surface area contributed by atoms with E-state index in [1.165, 1.54) is 0 Å². The zero-order valence-electron chi connectivity index (χ0n) is 29.6. The van der Waals surface area contributed by atoms with E-state index in [-0.39, 0.29) is 0 Å². The fourth-order valence-electron chi connectivity index (χ4n) is 8.00. The van der Waals surface area contributed by atoms with Crippen molar-refractivity contribution in [2.24, 2.45) is 29.1 Å². The third-order valence-electron chi connectivity index (χ3n) is 8.00. The average Bonchev–Trinajstić information content (AvgIpc) is 2.73. The molecule has 1 heteroatoms. The highest BCUT2D eigenvalue weighted by Crippen LogP contribution is 2.49. The fraction of sp³-hybridized carbons (Fsp3) is 1.00. The molecule has 0 spiro atoms. The van der Waals surface area contributed by atoms with E-state index < -0.39 is 8.07 Å². The summed E-state index contributed by atoms with van der Waals surface area (Å²) in [5.41, 5.74) is 4.14. The Balaban J connectivity index is -0.0000000887. The summed E-state index contributed by atoms with van der Waals surface area (Å²) in [5, 5.41) is 0. The highest BCUT2D eigenvalue weighted by atomic mass is 28.3. The summed E-state index contributed by atoms with van der Waals surface area (Å²) >= 11 is 0. The molecule has 0 radical (unpaired) electrons. The molecule has 0 aliphatic rings. The summed E-state index contributed by atoms with van der Waals surface area (Å²) in [6.45, 7) is 54.5. The molecule has 0 aromatic heterocycles. The van der Waals surface area contributed by atoms with Gasteiger partial charge in [-0.05, 0) is 29.1 Å². The Labute approximate surface area is 225 Å². The maximum atomic E-state index is 2.44. The van der Waals surface area contributed by atoms with Crippen molar-refractivity contribution in [1.82, 2.24) is 0 Å². The quantitative estimate of drug-likeness (QED) is 0.288. The van der Waals surface area contributed by atoms with Crippen molar-refractivity contribution in [2.75, 3.05) is 0 Å². The second-order valence-electron chi connectivity index (χ2n) is 11.2. The minimum Gasteiger partial charge on any atom is -0.0683 e. The SMILES string of the molecule is CC.CC.CC.CC.CC(C)C(C(C)C)(C(C)C)C(C)C.CC(C)[Si](C(C)C)(C(C)C)C(C)C. The van der Waals surface area contributed by atoms with Gasteiger partial charge in [0.05, 0.1) is 8.07 Å². The summed E-state index contributed by atoms with van der Waals surface area (Å²) in [4.78, 5) is 0. The Bertz CT molecular complexity index is 248. The second-order valence-corrected chi connectivity index (χ2v) is 17.9. The lowest BCUT2D eigenvalue weighted by Gasteiger charge is -2.49. The van der Waals surface area contributed by atoms with Gasteiger partial charge in [0.15, 0.2) is 0 Å². The molecule has 0 nitrogen and oxygen atoms in total. The molecule has 34 heavy (non-hydrogen) atoms. The highest BCUT2D eigenvalue weighted by molar-refractivity contribution is 6.84. The Morgan fingerprint density at radius 3 is 0.412 bits per heavy atom. The first-order chi connectivity index (χ1) is 15.5. The summed E-state index contributed by atoms with van der Waals surface area (Å²) in [7, 11) is -1.10. The lowest BCUT2D eigenvalue weighted by molar-refractivity contribution is -0.00353. The van der Waals surface area contributed by atoms with E-state index in [1.54, 1.807) is 0 Å². The van der Waals surface area contributed by atoms with Gasteiger partial charge in [-0.1, -0.05) is 188 Å². The highest BCUT2D eigenvalue weighted by Gasteiger charge is 2.45. The van der Waals surface area contributed by atoms with Gasteiger partial charge in [0, 0.05) is 0 Å². The third kappa shape index (κ3) is 13.5. The van der Waals surface area contributed by atoms with E-state index in [0.29, 0.717) is 5.41 Å². The minimum atomic E-state index is -1.10. The van der Waals surface area contributed by atoms with Crippen LogP contribution in [0, 0.1) is 29.1 Å². The van der Waals surface area contributed by atoms with Crippen LogP contribution >= 0.6 is 0 Å². The summed E-state index contributed by atoms with van der Waals surface area (Å²) in [5.74, 6) is 3.08. The average molecular weight is 505 g/mol. The molecule has 0 N–H and O–H groups in total. The summed E-state index contributed by atoms with van der Waals surface area (Å²) in [6.07, 6.45) is 0. The topological polar surface area (TPSA) is 0 Å². The molecule has 0 saturated carbocycles. The van der Waals surface area contributed by atoms with Crippen LogP contribution in [0.25, 0.3) is 0 Å². The number of rotatable bonds is 8. The maximum absolute atomic E-state index is 2.44. The Morgan fingerprint density at radius 1 is 0.294 bits per heavy atom. The molecule has 0 saturated heterocycles. The fourth-order valence-corrected chi connectivity index (χ4v) is 16.0. The van der Waals surface area contributed by atoms with E-state index in [0.717, 1.165) is 45.8 Å². The molecule has 0 aliphatic carbocycles. The van der Waals surface area contributed by atoms with Gasteiger partial charge in [-0.3, -0.25) is 0 Å². The van der Waals surface area contributed by atoms with Gasteiger partial charge in [-0.2, -0.15) is 0 Å². The zero-order chi connectivity index (χ0) is 29.6. The van der Waals surface area contributed by atoms with Gasteiger partial charge in [-0.15, -0.1) is 0 Å².